The quantitative estimate of drug-likeness (QED) is 0.733. The minimum Gasteiger partial charge on any atom is -0.480 e. The van der Waals surface area contributed by atoms with Gasteiger partial charge in [-0.1, -0.05) is 0 Å². The molecule has 0 saturated carbocycles. The third-order valence-corrected chi connectivity index (χ3v) is 2.09. The van der Waals surface area contributed by atoms with Gasteiger partial charge in [0.1, 0.15) is 6.54 Å². The van der Waals surface area contributed by atoms with E-state index in [1.54, 1.807) is 0 Å². The van der Waals surface area contributed by atoms with Gasteiger partial charge in [-0.3, -0.25) is 4.79 Å². The standard InChI is InChI=1S/C10H17F3N2O4/c1-7(5-10(11,12)13)14-9(18)15(3-4-19-2)6-8(16)17/h7H,3-6H2,1-2H3,(H,14,18)(H,16,17). The Balaban J connectivity index is 4.41. The van der Waals surface area contributed by atoms with E-state index in [0.717, 1.165) is 4.90 Å². The molecule has 0 aliphatic rings. The van der Waals surface area contributed by atoms with Crippen LogP contribution in [0.4, 0.5) is 18.0 Å². The van der Waals surface area contributed by atoms with Crippen LogP contribution in [0, 0.1) is 0 Å². The maximum Gasteiger partial charge on any atom is 0.391 e. The lowest BCUT2D eigenvalue weighted by atomic mass is 10.2. The molecule has 0 bridgehead atoms. The van der Waals surface area contributed by atoms with Gasteiger partial charge in [-0.05, 0) is 6.92 Å². The molecular formula is C10H17F3N2O4. The number of halogens is 3. The molecule has 0 fully saturated rings. The topological polar surface area (TPSA) is 78.9 Å². The summed E-state index contributed by atoms with van der Waals surface area (Å²) in [4.78, 5) is 23.0. The van der Waals surface area contributed by atoms with Crippen molar-refractivity contribution in [3.05, 3.63) is 0 Å². The lowest BCUT2D eigenvalue weighted by Crippen LogP contribution is -2.48. The molecule has 0 aromatic carbocycles. The van der Waals surface area contributed by atoms with E-state index in [-0.39, 0.29) is 13.2 Å². The number of carboxylic acid groups (broad SMARTS) is 1. The van der Waals surface area contributed by atoms with Crippen LogP contribution in [-0.4, -0.2) is 61.0 Å². The highest BCUT2D eigenvalue weighted by atomic mass is 19.4. The summed E-state index contributed by atoms with van der Waals surface area (Å²) >= 11 is 0. The van der Waals surface area contributed by atoms with Gasteiger partial charge < -0.3 is 20.1 Å². The van der Waals surface area contributed by atoms with Gasteiger partial charge in [0.05, 0.1) is 13.0 Å². The Bertz CT molecular complexity index is 310. The van der Waals surface area contributed by atoms with E-state index in [9.17, 15) is 22.8 Å². The second kappa shape index (κ2) is 7.82. The number of hydrogen-bond donors (Lipinski definition) is 2. The lowest BCUT2D eigenvalue weighted by molar-refractivity contribution is -0.140. The first kappa shape index (κ1) is 17.5. The van der Waals surface area contributed by atoms with Crippen LogP contribution in [0.5, 0.6) is 0 Å². The number of ether oxygens (including phenoxy) is 1. The Kier molecular flexibility index (Phi) is 7.20. The molecule has 9 heteroatoms. The number of rotatable bonds is 7. The Morgan fingerprint density at radius 1 is 1.42 bits per heavy atom. The van der Waals surface area contributed by atoms with Crippen LogP contribution < -0.4 is 5.32 Å². The van der Waals surface area contributed by atoms with Crippen molar-refractivity contribution in [3.63, 3.8) is 0 Å². The molecule has 6 nitrogen and oxygen atoms in total. The number of alkyl halides is 3. The van der Waals surface area contributed by atoms with Gasteiger partial charge in [-0.2, -0.15) is 13.2 Å². The maximum atomic E-state index is 12.1. The number of nitrogens with zero attached hydrogens (tertiary/aromatic N) is 1. The van der Waals surface area contributed by atoms with Gasteiger partial charge in [-0.25, -0.2) is 4.79 Å². The number of amides is 2. The van der Waals surface area contributed by atoms with Crippen molar-refractivity contribution in [1.82, 2.24) is 10.2 Å². The third-order valence-electron chi connectivity index (χ3n) is 2.09. The third kappa shape index (κ3) is 9.11. The molecule has 0 aromatic heterocycles. The first-order valence-corrected chi connectivity index (χ1v) is 5.48. The number of carboxylic acids is 1. The highest BCUT2D eigenvalue weighted by Gasteiger charge is 2.31. The average Bonchev–Trinajstić information content (AvgIpc) is 2.20. The molecule has 1 atom stereocenters. The van der Waals surface area contributed by atoms with Crippen LogP contribution in [-0.2, 0) is 9.53 Å². The van der Waals surface area contributed by atoms with Gasteiger partial charge in [0.2, 0.25) is 0 Å². The van der Waals surface area contributed by atoms with Crippen LogP contribution >= 0.6 is 0 Å². The molecule has 112 valence electrons. The number of carbonyl (C=O) groups is 2. The molecule has 0 radical (unpaired) electrons. The van der Waals surface area contributed by atoms with Gasteiger partial charge in [0.15, 0.2) is 0 Å². The molecular weight excluding hydrogens is 269 g/mol. The van der Waals surface area contributed by atoms with E-state index < -0.39 is 37.2 Å². The summed E-state index contributed by atoms with van der Waals surface area (Å²) in [5, 5.41) is 10.7. The molecule has 0 heterocycles. The number of aliphatic carboxylic acids is 1. The zero-order valence-corrected chi connectivity index (χ0v) is 10.7. The Morgan fingerprint density at radius 3 is 2.42 bits per heavy atom. The monoisotopic (exact) mass is 286 g/mol. The summed E-state index contributed by atoms with van der Waals surface area (Å²) in [5.74, 6) is -1.25. The molecule has 0 spiro atoms. The minimum atomic E-state index is -4.39. The molecule has 0 aliphatic carbocycles. The first-order valence-electron chi connectivity index (χ1n) is 5.48. The smallest absolute Gasteiger partial charge is 0.391 e. The van der Waals surface area contributed by atoms with Crippen LogP contribution in [0.2, 0.25) is 0 Å². The van der Waals surface area contributed by atoms with Gasteiger partial charge in [0, 0.05) is 19.7 Å². The summed E-state index contributed by atoms with van der Waals surface area (Å²) in [5.41, 5.74) is 0. The molecule has 0 aromatic rings. The molecule has 0 rings (SSSR count). The van der Waals surface area contributed by atoms with Crippen LogP contribution in [0.1, 0.15) is 13.3 Å². The highest BCUT2D eigenvalue weighted by molar-refractivity contribution is 5.80. The molecule has 2 amide bonds. The molecule has 0 aliphatic heterocycles. The SMILES string of the molecule is COCCN(CC(=O)O)C(=O)NC(C)CC(F)(F)F. The van der Waals surface area contributed by atoms with E-state index in [2.05, 4.69) is 5.32 Å². The predicted molar refractivity (Wildman–Crippen MR) is 59.8 cm³/mol. The number of urea groups is 1. The summed E-state index contributed by atoms with van der Waals surface area (Å²) in [6, 6.07) is -2.00. The average molecular weight is 286 g/mol. The van der Waals surface area contributed by atoms with Gasteiger partial charge in [0.25, 0.3) is 0 Å². The van der Waals surface area contributed by atoms with Crippen LogP contribution in [0.25, 0.3) is 0 Å². The minimum absolute atomic E-state index is 0.0205. The molecule has 19 heavy (non-hydrogen) atoms. The van der Waals surface area contributed by atoms with Crippen molar-refractivity contribution in [1.29, 1.82) is 0 Å². The second-order valence-corrected chi connectivity index (χ2v) is 3.98. The van der Waals surface area contributed by atoms with Gasteiger partial charge >= 0.3 is 18.2 Å². The van der Waals surface area contributed by atoms with Crippen LogP contribution in [0.3, 0.4) is 0 Å². The van der Waals surface area contributed by atoms with E-state index in [4.69, 9.17) is 9.84 Å². The fraction of sp³-hybridized carbons (Fsp3) is 0.800. The first-order chi connectivity index (χ1) is 8.65. The molecule has 1 unspecified atom stereocenters. The van der Waals surface area contributed by atoms with Crippen LogP contribution in [0.15, 0.2) is 0 Å². The van der Waals surface area contributed by atoms with Gasteiger partial charge in [-0.15, -0.1) is 0 Å². The zero-order chi connectivity index (χ0) is 15.1. The van der Waals surface area contributed by atoms with Crippen molar-refractivity contribution >= 4 is 12.0 Å². The summed E-state index contributed by atoms with van der Waals surface area (Å²) in [7, 11) is 1.36. The fourth-order valence-electron chi connectivity index (χ4n) is 1.32. The van der Waals surface area contributed by atoms with E-state index >= 15 is 0 Å². The van der Waals surface area contributed by atoms with Crippen molar-refractivity contribution in [2.45, 2.75) is 25.6 Å². The highest BCUT2D eigenvalue weighted by Crippen LogP contribution is 2.21. The summed E-state index contributed by atoms with van der Waals surface area (Å²) in [6.45, 7) is 0.663. The molecule has 0 saturated heterocycles. The fourth-order valence-corrected chi connectivity index (χ4v) is 1.32. The predicted octanol–water partition coefficient (Wildman–Crippen LogP) is 1.07. The maximum absolute atomic E-state index is 12.1. The van der Waals surface area contributed by atoms with E-state index in [1.807, 2.05) is 0 Å². The van der Waals surface area contributed by atoms with E-state index in [1.165, 1.54) is 14.0 Å². The Hall–Kier alpha value is -1.51. The molecule has 2 N–H and O–H groups in total. The summed E-state index contributed by atoms with van der Waals surface area (Å²) in [6.07, 6.45) is -5.57. The number of carbonyl (C=O) groups excluding carboxylic acids is 1. The Morgan fingerprint density at radius 2 is 2.00 bits per heavy atom. The van der Waals surface area contributed by atoms with Crippen molar-refractivity contribution < 1.29 is 32.6 Å². The zero-order valence-electron chi connectivity index (χ0n) is 10.7. The summed E-state index contributed by atoms with van der Waals surface area (Å²) < 4.78 is 41.0. The Labute approximate surface area is 108 Å². The normalized spacial score (nSPS) is 12.9. The van der Waals surface area contributed by atoms with Crippen molar-refractivity contribution in [2.24, 2.45) is 0 Å². The second-order valence-electron chi connectivity index (χ2n) is 3.98. The number of methoxy groups -OCH3 is 1. The van der Waals surface area contributed by atoms with Crippen molar-refractivity contribution in [3.8, 4) is 0 Å². The number of nitrogens with one attached hydrogen (secondary N) is 1. The number of hydrogen-bond acceptors (Lipinski definition) is 3. The van der Waals surface area contributed by atoms with Crippen molar-refractivity contribution in [2.75, 3.05) is 26.8 Å². The van der Waals surface area contributed by atoms with E-state index in [0.29, 0.717) is 0 Å². The lowest BCUT2D eigenvalue weighted by Gasteiger charge is -2.24. The largest absolute Gasteiger partial charge is 0.480 e.